The van der Waals surface area contributed by atoms with Crippen molar-refractivity contribution in [3.05, 3.63) is 18.0 Å². The molecule has 0 aliphatic heterocycles. The summed E-state index contributed by atoms with van der Waals surface area (Å²) in [6, 6.07) is 0. The first-order chi connectivity index (χ1) is 7.48. The Kier molecular flexibility index (Phi) is 4.54. The molecule has 1 N–H and O–H groups in total. The lowest BCUT2D eigenvalue weighted by Crippen LogP contribution is -2.34. The molecule has 3 nitrogen and oxygen atoms in total. The summed E-state index contributed by atoms with van der Waals surface area (Å²) < 4.78 is 1.88. The van der Waals surface area contributed by atoms with E-state index in [1.54, 1.807) is 0 Å². The van der Waals surface area contributed by atoms with Gasteiger partial charge in [-0.3, -0.25) is 4.68 Å². The third-order valence-corrected chi connectivity index (χ3v) is 3.72. The lowest BCUT2D eigenvalue weighted by Gasteiger charge is -2.33. The maximum atomic E-state index is 4.21. The molecule has 0 aliphatic carbocycles. The van der Waals surface area contributed by atoms with E-state index in [1.165, 1.54) is 12.0 Å². The van der Waals surface area contributed by atoms with Crippen molar-refractivity contribution in [1.29, 1.82) is 0 Å². The molecule has 3 heteroatoms. The number of aryl methyl sites for hydroxylation is 2. The summed E-state index contributed by atoms with van der Waals surface area (Å²) in [4.78, 5) is 0. The number of rotatable bonds is 6. The maximum Gasteiger partial charge on any atom is 0.0521 e. The zero-order valence-electron chi connectivity index (χ0n) is 11.2. The van der Waals surface area contributed by atoms with E-state index in [1.807, 2.05) is 25.0 Å². The van der Waals surface area contributed by atoms with Gasteiger partial charge >= 0.3 is 0 Å². The highest BCUT2D eigenvalue weighted by atomic mass is 15.2. The average Bonchev–Trinajstić information content (AvgIpc) is 2.61. The first kappa shape index (κ1) is 13.2. The SMILES string of the molecule is CNCC(C)(CCc1cnn(C)c1)C(C)C. The van der Waals surface area contributed by atoms with Crippen LogP contribution in [0.5, 0.6) is 0 Å². The number of aromatic nitrogens is 2. The van der Waals surface area contributed by atoms with Gasteiger partial charge in [0, 0.05) is 19.8 Å². The van der Waals surface area contributed by atoms with E-state index in [4.69, 9.17) is 0 Å². The Morgan fingerprint density at radius 2 is 2.19 bits per heavy atom. The van der Waals surface area contributed by atoms with Crippen molar-refractivity contribution >= 4 is 0 Å². The van der Waals surface area contributed by atoms with E-state index in [0.29, 0.717) is 11.3 Å². The highest BCUT2D eigenvalue weighted by molar-refractivity contribution is 5.04. The minimum absolute atomic E-state index is 0.366. The molecule has 1 heterocycles. The van der Waals surface area contributed by atoms with E-state index >= 15 is 0 Å². The van der Waals surface area contributed by atoms with Crippen LogP contribution in [0.15, 0.2) is 12.4 Å². The maximum absolute atomic E-state index is 4.21. The minimum atomic E-state index is 0.366. The topological polar surface area (TPSA) is 29.9 Å². The second-order valence-corrected chi connectivity index (χ2v) is 5.36. The number of nitrogens with one attached hydrogen (secondary N) is 1. The summed E-state index contributed by atoms with van der Waals surface area (Å²) in [5, 5.41) is 7.52. The highest BCUT2D eigenvalue weighted by Gasteiger charge is 2.27. The smallest absolute Gasteiger partial charge is 0.0521 e. The first-order valence-electron chi connectivity index (χ1n) is 6.10. The van der Waals surface area contributed by atoms with Crippen molar-refractivity contribution in [2.24, 2.45) is 18.4 Å². The quantitative estimate of drug-likeness (QED) is 0.801. The van der Waals surface area contributed by atoms with E-state index in [-0.39, 0.29) is 0 Å². The summed E-state index contributed by atoms with van der Waals surface area (Å²) in [5.41, 5.74) is 1.70. The minimum Gasteiger partial charge on any atom is -0.319 e. The van der Waals surface area contributed by atoms with Crippen molar-refractivity contribution in [2.75, 3.05) is 13.6 Å². The predicted molar refractivity (Wildman–Crippen MR) is 68.4 cm³/mol. The number of nitrogens with zero attached hydrogens (tertiary/aromatic N) is 2. The molecule has 1 aromatic heterocycles. The van der Waals surface area contributed by atoms with Crippen LogP contribution in [0.1, 0.15) is 32.8 Å². The predicted octanol–water partition coefficient (Wildman–Crippen LogP) is 2.23. The molecule has 92 valence electrons. The molecule has 0 fully saturated rings. The average molecular weight is 223 g/mol. The van der Waals surface area contributed by atoms with Crippen LogP contribution in [-0.4, -0.2) is 23.4 Å². The van der Waals surface area contributed by atoms with Crippen LogP contribution in [0.2, 0.25) is 0 Å². The summed E-state index contributed by atoms with van der Waals surface area (Å²) >= 11 is 0. The van der Waals surface area contributed by atoms with Crippen LogP contribution in [0.3, 0.4) is 0 Å². The van der Waals surface area contributed by atoms with Crippen LogP contribution in [0.4, 0.5) is 0 Å². The van der Waals surface area contributed by atoms with Crippen molar-refractivity contribution in [3.8, 4) is 0 Å². The third kappa shape index (κ3) is 3.34. The van der Waals surface area contributed by atoms with E-state index in [9.17, 15) is 0 Å². The van der Waals surface area contributed by atoms with Crippen LogP contribution in [-0.2, 0) is 13.5 Å². The van der Waals surface area contributed by atoms with Crippen LogP contribution < -0.4 is 5.32 Å². The molecule has 0 spiro atoms. The molecule has 16 heavy (non-hydrogen) atoms. The van der Waals surface area contributed by atoms with E-state index < -0.39 is 0 Å². The van der Waals surface area contributed by atoms with Gasteiger partial charge in [-0.15, -0.1) is 0 Å². The summed E-state index contributed by atoms with van der Waals surface area (Å²) in [6.45, 7) is 8.05. The van der Waals surface area contributed by atoms with Gasteiger partial charge in [0.15, 0.2) is 0 Å². The fourth-order valence-corrected chi connectivity index (χ4v) is 2.02. The van der Waals surface area contributed by atoms with Gasteiger partial charge in [-0.05, 0) is 36.8 Å². The summed E-state index contributed by atoms with van der Waals surface area (Å²) in [5.74, 6) is 0.691. The molecule has 0 aromatic carbocycles. The molecule has 0 saturated carbocycles. The molecule has 0 amide bonds. The zero-order chi connectivity index (χ0) is 12.2. The molecular formula is C13H25N3. The Bertz CT molecular complexity index is 317. The Hall–Kier alpha value is -0.830. The van der Waals surface area contributed by atoms with Gasteiger partial charge < -0.3 is 5.32 Å². The highest BCUT2D eigenvalue weighted by Crippen LogP contribution is 2.31. The first-order valence-corrected chi connectivity index (χ1v) is 6.10. The normalized spacial score (nSPS) is 15.4. The molecule has 1 atom stereocenters. The molecular weight excluding hydrogens is 198 g/mol. The molecule has 1 aromatic rings. The standard InChI is InChI=1S/C13H25N3/c1-11(2)13(3,10-14-4)7-6-12-8-15-16(5)9-12/h8-9,11,14H,6-7,10H2,1-5H3. The van der Waals surface area contributed by atoms with Gasteiger partial charge in [-0.1, -0.05) is 20.8 Å². The van der Waals surface area contributed by atoms with Crippen molar-refractivity contribution < 1.29 is 0 Å². The molecule has 0 radical (unpaired) electrons. The monoisotopic (exact) mass is 223 g/mol. The summed E-state index contributed by atoms with van der Waals surface area (Å²) in [6.07, 6.45) is 6.40. The van der Waals surface area contributed by atoms with E-state index in [0.717, 1.165) is 13.0 Å². The van der Waals surface area contributed by atoms with Crippen LogP contribution >= 0.6 is 0 Å². The Labute approximate surface area is 99.2 Å². The van der Waals surface area contributed by atoms with Gasteiger partial charge in [-0.2, -0.15) is 5.10 Å². The van der Waals surface area contributed by atoms with E-state index in [2.05, 4.69) is 37.4 Å². The number of hydrogen-bond donors (Lipinski definition) is 1. The molecule has 1 unspecified atom stereocenters. The molecule has 0 bridgehead atoms. The van der Waals surface area contributed by atoms with Gasteiger partial charge in [0.05, 0.1) is 6.20 Å². The van der Waals surface area contributed by atoms with Gasteiger partial charge in [0.25, 0.3) is 0 Å². The lowest BCUT2D eigenvalue weighted by molar-refractivity contribution is 0.196. The van der Waals surface area contributed by atoms with Crippen LogP contribution in [0.25, 0.3) is 0 Å². The van der Waals surface area contributed by atoms with Gasteiger partial charge in [-0.25, -0.2) is 0 Å². The largest absolute Gasteiger partial charge is 0.319 e. The fraction of sp³-hybridized carbons (Fsp3) is 0.769. The van der Waals surface area contributed by atoms with Gasteiger partial charge in [0.2, 0.25) is 0 Å². The fourth-order valence-electron chi connectivity index (χ4n) is 2.02. The van der Waals surface area contributed by atoms with Crippen molar-refractivity contribution in [3.63, 3.8) is 0 Å². The van der Waals surface area contributed by atoms with Crippen molar-refractivity contribution in [1.82, 2.24) is 15.1 Å². The Balaban J connectivity index is 2.56. The second kappa shape index (κ2) is 5.48. The molecule has 1 rings (SSSR count). The Morgan fingerprint density at radius 3 is 2.62 bits per heavy atom. The number of hydrogen-bond acceptors (Lipinski definition) is 2. The molecule has 0 saturated heterocycles. The van der Waals surface area contributed by atoms with Gasteiger partial charge in [0.1, 0.15) is 0 Å². The van der Waals surface area contributed by atoms with Crippen LogP contribution in [0, 0.1) is 11.3 Å². The third-order valence-electron chi connectivity index (χ3n) is 3.72. The zero-order valence-corrected chi connectivity index (χ0v) is 11.2. The second-order valence-electron chi connectivity index (χ2n) is 5.36. The lowest BCUT2D eigenvalue weighted by atomic mass is 9.75. The Morgan fingerprint density at radius 1 is 1.50 bits per heavy atom. The summed E-state index contributed by atoms with van der Waals surface area (Å²) in [7, 11) is 4.00. The molecule has 0 aliphatic rings. The van der Waals surface area contributed by atoms with Crippen molar-refractivity contribution in [2.45, 2.75) is 33.6 Å².